The second kappa shape index (κ2) is 11.0. The van der Waals surface area contributed by atoms with Crippen LogP contribution in [0.15, 0.2) is 23.2 Å². The van der Waals surface area contributed by atoms with Crippen molar-refractivity contribution in [3.63, 3.8) is 0 Å². The number of halogens is 2. The molecule has 150 valence electrons. The molecule has 1 aromatic carbocycles. The van der Waals surface area contributed by atoms with E-state index in [9.17, 15) is 5.11 Å². The molecule has 4 unspecified atom stereocenters. The molecule has 6 heteroatoms. The van der Waals surface area contributed by atoms with Gasteiger partial charge in [0.15, 0.2) is 0 Å². The Kier molecular flexibility index (Phi) is 9.59. The van der Waals surface area contributed by atoms with Crippen LogP contribution in [0.25, 0.3) is 0 Å². The minimum atomic E-state index is -1.13. The number of para-hydroxylation sites is 1. The number of benzene rings is 1. The number of phenols is 1. The second-order valence-corrected chi connectivity index (χ2v) is 17.5. The number of aromatic hydroxyl groups is 1. The van der Waals surface area contributed by atoms with Gasteiger partial charge in [-0.2, -0.15) is 0 Å². The fourth-order valence-electron chi connectivity index (χ4n) is 5.69. The summed E-state index contributed by atoms with van der Waals surface area (Å²) in [6.07, 6.45) is 6.10. The van der Waals surface area contributed by atoms with Crippen molar-refractivity contribution in [1.29, 1.82) is 0 Å². The van der Waals surface area contributed by atoms with Gasteiger partial charge < -0.3 is 5.11 Å². The molecule has 0 saturated heterocycles. The average Bonchev–Trinajstić information content (AvgIpc) is 3.26. The van der Waals surface area contributed by atoms with Crippen LogP contribution in [0.2, 0.25) is 23.7 Å². The van der Waals surface area contributed by atoms with E-state index < -0.39 is 28.9 Å². The Balaban J connectivity index is 0.000000817. The van der Waals surface area contributed by atoms with E-state index in [1.165, 1.54) is 37.4 Å². The van der Waals surface area contributed by atoms with E-state index in [1.807, 2.05) is 31.3 Å². The average molecular weight is 506 g/mol. The molecule has 0 aliphatic heterocycles. The molecule has 0 radical (unpaired) electrons. The van der Waals surface area contributed by atoms with Gasteiger partial charge in [0.25, 0.3) is 0 Å². The van der Waals surface area contributed by atoms with Crippen molar-refractivity contribution in [2.45, 2.75) is 76.7 Å². The van der Waals surface area contributed by atoms with Gasteiger partial charge in [-0.3, -0.25) is 4.99 Å². The monoisotopic (exact) mass is 503 g/mol. The predicted octanol–water partition coefficient (Wildman–Crippen LogP) is 7.17. The van der Waals surface area contributed by atoms with Crippen LogP contribution in [0.5, 0.6) is 5.75 Å². The quantitative estimate of drug-likeness (QED) is 0.323. The molecule has 2 aliphatic rings. The van der Waals surface area contributed by atoms with Gasteiger partial charge >= 0.3 is 37.9 Å². The van der Waals surface area contributed by atoms with Crippen LogP contribution >= 0.6 is 17.0 Å². The Morgan fingerprint density at radius 2 is 1.78 bits per heavy atom. The summed E-state index contributed by atoms with van der Waals surface area (Å²) in [6.45, 7) is 9.26. The Morgan fingerprint density at radius 3 is 2.33 bits per heavy atom. The molecule has 2 nitrogen and oxygen atoms in total. The maximum atomic E-state index is 10.2. The molecule has 0 amide bonds. The summed E-state index contributed by atoms with van der Waals surface area (Å²) in [5, 5.41) is 10.2. The molecule has 0 aromatic heterocycles. The van der Waals surface area contributed by atoms with Crippen LogP contribution in [0, 0.1) is 18.8 Å². The van der Waals surface area contributed by atoms with Crippen molar-refractivity contribution < 1.29 is 26.0 Å². The van der Waals surface area contributed by atoms with E-state index in [-0.39, 0.29) is 0 Å². The van der Waals surface area contributed by atoms with Crippen molar-refractivity contribution in [2.75, 3.05) is 0 Å². The van der Waals surface area contributed by atoms with E-state index >= 15 is 0 Å². The number of phenolic OH excluding ortho intramolecular Hbond substituents is 1. The molecule has 0 heterocycles. The molecule has 2 bridgehead atoms. The maximum absolute atomic E-state index is 10.2. The van der Waals surface area contributed by atoms with Gasteiger partial charge in [0.05, 0.1) is 14.1 Å². The van der Waals surface area contributed by atoms with E-state index in [1.54, 1.807) is 0 Å². The molecule has 2 saturated carbocycles. The van der Waals surface area contributed by atoms with Gasteiger partial charge in [-0.1, -0.05) is 51.0 Å². The summed E-state index contributed by atoms with van der Waals surface area (Å²) in [6, 6.07) is 10.7. The van der Waals surface area contributed by atoms with E-state index in [2.05, 4.69) is 20.8 Å². The van der Waals surface area contributed by atoms with Crippen molar-refractivity contribution in [1.82, 2.24) is 0 Å². The summed E-state index contributed by atoms with van der Waals surface area (Å²) >= 11 is -0.826. The van der Waals surface area contributed by atoms with Crippen LogP contribution in [-0.4, -0.2) is 25.4 Å². The summed E-state index contributed by atoms with van der Waals surface area (Å²) < 4.78 is 0. The SMILES string of the molecule is CC[Si](CC)(CC)C1CC2CC(N=Cc3cccc(C)c3O)C1C2.[Cl][Zr][Cl]. The zero-order chi connectivity index (χ0) is 20.0. The first-order chi connectivity index (χ1) is 13.0. The zero-order valence-corrected chi connectivity index (χ0v) is 22.0. The van der Waals surface area contributed by atoms with Gasteiger partial charge in [-0.25, -0.2) is 0 Å². The Bertz CT molecular complexity index is 630. The number of aliphatic imine (C=N–C) groups is 1. The van der Waals surface area contributed by atoms with E-state index in [0.29, 0.717) is 11.8 Å². The Morgan fingerprint density at radius 1 is 1.15 bits per heavy atom. The van der Waals surface area contributed by atoms with Gasteiger partial charge in [-0.15, -0.1) is 0 Å². The minimum absolute atomic E-state index is 0.389. The third kappa shape index (κ3) is 5.30. The normalized spacial score (nSPS) is 26.9. The molecule has 4 atom stereocenters. The molecule has 1 N–H and O–H groups in total. The zero-order valence-electron chi connectivity index (χ0n) is 17.0. The summed E-state index contributed by atoms with van der Waals surface area (Å²) in [5.74, 6) is 2.11. The van der Waals surface area contributed by atoms with Gasteiger partial charge in [-0.05, 0) is 55.2 Å². The van der Waals surface area contributed by atoms with Crippen LogP contribution in [0.3, 0.4) is 0 Å². The van der Waals surface area contributed by atoms with Gasteiger partial charge in [0.2, 0.25) is 0 Å². The first-order valence-corrected chi connectivity index (χ1v) is 19.3. The topological polar surface area (TPSA) is 32.6 Å². The Hall–Kier alpha value is 0.370. The molecule has 3 rings (SSSR count). The molecule has 1 aromatic rings. The second-order valence-electron chi connectivity index (χ2n) is 8.20. The van der Waals surface area contributed by atoms with Crippen molar-refractivity contribution in [2.24, 2.45) is 16.8 Å². The first-order valence-electron chi connectivity index (χ1n) is 10.2. The van der Waals surface area contributed by atoms with Crippen molar-refractivity contribution in [3.05, 3.63) is 29.3 Å². The first kappa shape index (κ1) is 23.6. The standard InChI is InChI=1S/C21H33NOSi.2ClH.Zr/c1-5-24(6-2,7-3)20-13-16-11-18(20)19(12-16)22-14-17-10-8-9-15(4)21(17)23;;;/h8-10,14,16,18-20,23H,5-7,11-13H2,1-4H3;2*1H;/q;;;+2/p-2. The van der Waals surface area contributed by atoms with Crippen molar-refractivity contribution in [3.8, 4) is 5.75 Å². The summed E-state index contributed by atoms with van der Waals surface area (Å²) in [4.78, 5) is 4.98. The number of hydrogen-bond acceptors (Lipinski definition) is 2. The van der Waals surface area contributed by atoms with Crippen molar-refractivity contribution >= 4 is 31.3 Å². The van der Waals surface area contributed by atoms with Crippen LogP contribution in [0.4, 0.5) is 0 Å². The Labute approximate surface area is 184 Å². The molecular formula is C21H33Cl2NOSiZr. The van der Waals surface area contributed by atoms with Crippen LogP contribution in [0.1, 0.15) is 51.2 Å². The fourth-order valence-corrected chi connectivity index (χ4v) is 10.9. The van der Waals surface area contributed by atoms with E-state index in [0.717, 1.165) is 28.5 Å². The number of nitrogens with zero attached hydrogens (tertiary/aromatic N) is 1. The predicted molar refractivity (Wildman–Crippen MR) is 118 cm³/mol. The van der Waals surface area contributed by atoms with Crippen LogP contribution in [-0.2, 0) is 20.8 Å². The third-order valence-electron chi connectivity index (χ3n) is 7.35. The van der Waals surface area contributed by atoms with Gasteiger partial charge in [0.1, 0.15) is 5.75 Å². The van der Waals surface area contributed by atoms with E-state index in [4.69, 9.17) is 22.0 Å². The molecular weight excluding hydrogens is 472 g/mol. The van der Waals surface area contributed by atoms with Crippen LogP contribution < -0.4 is 0 Å². The third-order valence-corrected chi connectivity index (χ3v) is 13.8. The number of aryl methyl sites for hydroxylation is 1. The van der Waals surface area contributed by atoms with Gasteiger partial charge in [0, 0.05) is 11.8 Å². The molecule has 0 spiro atoms. The number of hydrogen-bond donors (Lipinski definition) is 1. The number of rotatable bonds is 6. The molecule has 2 fully saturated rings. The fraction of sp³-hybridized carbons (Fsp3) is 0.667. The number of fused-ring (bicyclic) bond motifs is 2. The molecule has 27 heavy (non-hydrogen) atoms. The molecule has 2 aliphatic carbocycles. The summed E-state index contributed by atoms with van der Waals surface area (Å²) in [7, 11) is 8.74. The summed E-state index contributed by atoms with van der Waals surface area (Å²) in [5.41, 5.74) is 2.78.